The van der Waals surface area contributed by atoms with E-state index in [4.69, 9.17) is 4.74 Å². The van der Waals surface area contributed by atoms with Crippen molar-refractivity contribution in [2.45, 2.75) is 18.4 Å². The number of carbonyl (C=O) groups is 2. The smallest absolute Gasteiger partial charge is 0.407 e. The minimum atomic E-state index is -0.722. The van der Waals surface area contributed by atoms with Crippen LogP contribution in [-0.2, 0) is 16.0 Å². The molecule has 0 bridgehead atoms. The average molecular weight is 600 g/mol. The lowest BCUT2D eigenvalue weighted by atomic mass is 9.98. The molecular formula is C29H34IN3O3. The van der Waals surface area contributed by atoms with Crippen molar-refractivity contribution < 1.29 is 42.8 Å². The van der Waals surface area contributed by atoms with Crippen LogP contribution in [0.15, 0.2) is 78.9 Å². The number of hydrogen-bond acceptors (Lipinski definition) is 3. The molecule has 7 heteroatoms. The van der Waals surface area contributed by atoms with Crippen LogP contribution in [0.4, 0.5) is 4.79 Å². The van der Waals surface area contributed by atoms with Crippen LogP contribution >= 0.6 is 0 Å². The number of nitrogens with zero attached hydrogens (tertiary/aromatic N) is 1. The van der Waals surface area contributed by atoms with Gasteiger partial charge in [-0.25, -0.2) is 4.79 Å². The van der Waals surface area contributed by atoms with E-state index in [0.29, 0.717) is 13.0 Å². The Kier molecular flexibility index (Phi) is 9.50. The fourth-order valence-corrected chi connectivity index (χ4v) is 4.48. The summed E-state index contributed by atoms with van der Waals surface area (Å²) in [6.45, 7) is 1.52. The zero-order valence-electron chi connectivity index (χ0n) is 21.0. The normalized spacial score (nSPS) is 13.1. The first-order valence-corrected chi connectivity index (χ1v) is 12.1. The number of hydrogen-bond donors (Lipinski definition) is 2. The van der Waals surface area contributed by atoms with Gasteiger partial charge in [-0.05, 0) is 27.8 Å². The second-order valence-electron chi connectivity index (χ2n) is 10.0. The van der Waals surface area contributed by atoms with E-state index in [9.17, 15) is 9.59 Å². The summed E-state index contributed by atoms with van der Waals surface area (Å²) in [5, 5.41) is 5.77. The first-order valence-electron chi connectivity index (χ1n) is 12.1. The van der Waals surface area contributed by atoms with E-state index >= 15 is 0 Å². The van der Waals surface area contributed by atoms with Gasteiger partial charge in [0.05, 0.1) is 34.2 Å². The Morgan fingerprint density at radius 2 is 1.42 bits per heavy atom. The number of quaternary nitrogens is 1. The molecule has 0 saturated heterocycles. The molecule has 3 aromatic carbocycles. The Labute approximate surface area is 230 Å². The quantitative estimate of drug-likeness (QED) is 0.285. The Morgan fingerprint density at radius 3 is 2.00 bits per heavy atom. The SMILES string of the molecule is C[N+](C)(C)CCNC(=O)[C@H](Cc1ccccc1)NC(=O)OCC1c2ccccc2-c2ccccc21.[I-]. The fourth-order valence-electron chi connectivity index (χ4n) is 4.48. The van der Waals surface area contributed by atoms with Gasteiger partial charge in [0, 0.05) is 12.3 Å². The van der Waals surface area contributed by atoms with E-state index in [1.54, 1.807) is 0 Å². The van der Waals surface area contributed by atoms with E-state index < -0.39 is 12.1 Å². The predicted octanol–water partition coefficient (Wildman–Crippen LogP) is 0.963. The van der Waals surface area contributed by atoms with Gasteiger partial charge in [-0.1, -0.05) is 78.9 Å². The molecule has 1 aliphatic carbocycles. The van der Waals surface area contributed by atoms with Crippen LogP contribution < -0.4 is 34.6 Å². The molecule has 0 aromatic heterocycles. The van der Waals surface area contributed by atoms with E-state index in [1.807, 2.05) is 54.6 Å². The predicted molar refractivity (Wildman–Crippen MR) is 138 cm³/mol. The third kappa shape index (κ3) is 7.07. The van der Waals surface area contributed by atoms with Crippen LogP contribution in [0, 0.1) is 0 Å². The highest BCUT2D eigenvalue weighted by molar-refractivity contribution is 5.86. The number of halogens is 1. The van der Waals surface area contributed by atoms with E-state index in [2.05, 4.69) is 56.0 Å². The summed E-state index contributed by atoms with van der Waals surface area (Å²) in [5.41, 5.74) is 5.63. The molecule has 0 radical (unpaired) electrons. The number of likely N-dealkylation sites (N-methyl/N-ethyl adjacent to an activating group) is 1. The van der Waals surface area contributed by atoms with Crippen molar-refractivity contribution in [2.24, 2.45) is 0 Å². The summed E-state index contributed by atoms with van der Waals surface area (Å²) < 4.78 is 6.42. The summed E-state index contributed by atoms with van der Waals surface area (Å²) in [5.74, 6) is -0.241. The van der Waals surface area contributed by atoms with Crippen molar-refractivity contribution in [3.05, 3.63) is 95.6 Å². The molecule has 3 aromatic rings. The third-order valence-corrected chi connectivity index (χ3v) is 6.32. The summed E-state index contributed by atoms with van der Waals surface area (Å²) >= 11 is 0. The van der Waals surface area contributed by atoms with Crippen molar-refractivity contribution in [1.82, 2.24) is 10.6 Å². The number of rotatable bonds is 9. The maximum atomic E-state index is 13.0. The van der Waals surface area contributed by atoms with Gasteiger partial charge in [0.25, 0.3) is 0 Å². The van der Waals surface area contributed by atoms with Crippen LogP contribution in [0.2, 0.25) is 0 Å². The molecule has 190 valence electrons. The lowest BCUT2D eigenvalue weighted by molar-refractivity contribution is -0.869. The van der Waals surface area contributed by atoms with Crippen molar-refractivity contribution in [3.8, 4) is 11.1 Å². The molecule has 2 N–H and O–H groups in total. The fraction of sp³-hybridized carbons (Fsp3) is 0.310. The maximum absolute atomic E-state index is 13.0. The third-order valence-electron chi connectivity index (χ3n) is 6.32. The van der Waals surface area contributed by atoms with Crippen LogP contribution in [0.1, 0.15) is 22.6 Å². The lowest BCUT2D eigenvalue weighted by Crippen LogP contribution is -3.00. The van der Waals surface area contributed by atoms with Gasteiger partial charge in [-0.2, -0.15) is 0 Å². The molecule has 0 fully saturated rings. The Bertz CT molecular complexity index is 1130. The number of ether oxygens (including phenoxy) is 1. The standard InChI is InChI=1S/C29H33N3O3.HI/c1-32(2,3)18-17-30-28(33)27(19-21-11-5-4-6-12-21)31-29(34)35-20-26-24-15-9-7-13-22(24)23-14-8-10-16-25(23)26;/h4-16,26-27H,17-20H2,1-3H3,(H-,30,31,33,34);1H/t27-;/m0./s1. The van der Waals surface area contributed by atoms with Crippen molar-refractivity contribution in [3.63, 3.8) is 0 Å². The first kappa shape index (κ1) is 27.7. The van der Waals surface area contributed by atoms with Crippen LogP contribution in [0.5, 0.6) is 0 Å². The van der Waals surface area contributed by atoms with Crippen molar-refractivity contribution in [2.75, 3.05) is 40.8 Å². The zero-order valence-corrected chi connectivity index (χ0v) is 23.2. The molecular weight excluding hydrogens is 565 g/mol. The van der Waals surface area contributed by atoms with Gasteiger partial charge in [-0.3, -0.25) is 4.79 Å². The largest absolute Gasteiger partial charge is 1.00 e. The van der Waals surface area contributed by atoms with Gasteiger partial charge in [0.1, 0.15) is 12.6 Å². The minimum absolute atomic E-state index is 0. The summed E-state index contributed by atoms with van der Waals surface area (Å²) in [6.07, 6.45) is -0.198. The van der Waals surface area contributed by atoms with Crippen LogP contribution in [0.3, 0.4) is 0 Å². The van der Waals surface area contributed by atoms with Crippen molar-refractivity contribution >= 4 is 12.0 Å². The van der Waals surface area contributed by atoms with Gasteiger partial charge < -0.3 is 43.8 Å². The number of carbonyl (C=O) groups excluding carboxylic acids is 2. The molecule has 1 aliphatic rings. The number of nitrogens with one attached hydrogen (secondary N) is 2. The van der Waals surface area contributed by atoms with E-state index in [-0.39, 0.29) is 42.4 Å². The molecule has 0 aliphatic heterocycles. The second-order valence-corrected chi connectivity index (χ2v) is 10.0. The minimum Gasteiger partial charge on any atom is -1.00 e. The second kappa shape index (κ2) is 12.4. The summed E-state index contributed by atoms with van der Waals surface area (Å²) in [4.78, 5) is 25.8. The summed E-state index contributed by atoms with van der Waals surface area (Å²) in [6, 6.07) is 25.4. The van der Waals surface area contributed by atoms with E-state index in [0.717, 1.165) is 27.7 Å². The monoisotopic (exact) mass is 599 g/mol. The molecule has 0 heterocycles. The number of fused-ring (bicyclic) bond motifs is 3. The van der Waals surface area contributed by atoms with Crippen LogP contribution in [0.25, 0.3) is 11.1 Å². The Balaban J connectivity index is 0.00000361. The number of amides is 2. The maximum Gasteiger partial charge on any atom is 0.407 e. The molecule has 6 nitrogen and oxygen atoms in total. The molecule has 1 atom stereocenters. The van der Waals surface area contributed by atoms with Crippen LogP contribution in [-0.4, -0.2) is 63.4 Å². The molecule has 0 spiro atoms. The van der Waals surface area contributed by atoms with E-state index in [1.165, 1.54) is 11.1 Å². The zero-order chi connectivity index (χ0) is 24.8. The molecule has 4 rings (SSSR count). The van der Waals surface area contributed by atoms with Crippen molar-refractivity contribution in [1.29, 1.82) is 0 Å². The van der Waals surface area contributed by atoms with Gasteiger partial charge in [0.2, 0.25) is 5.91 Å². The van der Waals surface area contributed by atoms with Gasteiger partial charge in [-0.15, -0.1) is 0 Å². The molecule has 2 amide bonds. The Morgan fingerprint density at radius 1 is 0.861 bits per heavy atom. The van der Waals surface area contributed by atoms with Gasteiger partial charge >= 0.3 is 6.09 Å². The van der Waals surface area contributed by atoms with Gasteiger partial charge in [0.15, 0.2) is 0 Å². The molecule has 0 saturated carbocycles. The number of benzene rings is 3. The molecule has 36 heavy (non-hydrogen) atoms. The highest BCUT2D eigenvalue weighted by Crippen LogP contribution is 2.44. The molecule has 0 unspecified atom stereocenters. The highest BCUT2D eigenvalue weighted by atomic mass is 127. The number of alkyl carbamates (subject to hydrolysis) is 1. The highest BCUT2D eigenvalue weighted by Gasteiger charge is 2.30. The first-order chi connectivity index (χ1) is 16.8. The summed E-state index contributed by atoms with van der Waals surface area (Å²) in [7, 11) is 6.22. The Hall–Kier alpha value is -2.91. The lowest BCUT2D eigenvalue weighted by Gasteiger charge is -2.25. The topological polar surface area (TPSA) is 67.4 Å². The average Bonchev–Trinajstić information content (AvgIpc) is 3.16.